The first-order chi connectivity index (χ1) is 6.90. The zero-order chi connectivity index (χ0) is 9.80. The Morgan fingerprint density at radius 1 is 1.36 bits per heavy atom. The lowest BCUT2D eigenvalue weighted by molar-refractivity contribution is 0.223. The molecule has 14 heavy (non-hydrogen) atoms. The first-order valence-corrected chi connectivity index (χ1v) is 4.49. The Morgan fingerprint density at radius 3 is 3.07 bits per heavy atom. The SMILES string of the molecule is NC=CCC1=Cc2ccccc2ON1. The molecule has 0 aromatic heterocycles. The smallest absolute Gasteiger partial charge is 0.162 e. The van der Waals surface area contributed by atoms with Crippen LogP contribution in [-0.2, 0) is 0 Å². The van der Waals surface area contributed by atoms with Crippen molar-refractivity contribution < 1.29 is 4.84 Å². The molecule has 0 radical (unpaired) electrons. The molecular formula is C11H12N2O. The molecule has 1 heterocycles. The van der Waals surface area contributed by atoms with E-state index < -0.39 is 0 Å². The van der Waals surface area contributed by atoms with Crippen molar-refractivity contribution in [2.75, 3.05) is 0 Å². The van der Waals surface area contributed by atoms with Crippen LogP contribution in [0.5, 0.6) is 5.75 Å². The van der Waals surface area contributed by atoms with Gasteiger partial charge in [-0.1, -0.05) is 24.3 Å². The molecule has 3 nitrogen and oxygen atoms in total. The molecule has 1 aliphatic rings. The summed E-state index contributed by atoms with van der Waals surface area (Å²) in [6.07, 6.45) is 6.21. The van der Waals surface area contributed by atoms with Gasteiger partial charge in [0.2, 0.25) is 0 Å². The second-order valence-electron chi connectivity index (χ2n) is 3.04. The molecule has 0 fully saturated rings. The van der Waals surface area contributed by atoms with Gasteiger partial charge in [0.1, 0.15) is 0 Å². The first-order valence-electron chi connectivity index (χ1n) is 4.49. The molecule has 0 aliphatic carbocycles. The summed E-state index contributed by atoms with van der Waals surface area (Å²) >= 11 is 0. The highest BCUT2D eigenvalue weighted by Gasteiger charge is 2.08. The number of nitrogens with one attached hydrogen (secondary N) is 1. The highest BCUT2D eigenvalue weighted by atomic mass is 16.6. The van der Waals surface area contributed by atoms with E-state index in [1.165, 1.54) is 6.20 Å². The lowest BCUT2D eigenvalue weighted by Crippen LogP contribution is -2.21. The van der Waals surface area contributed by atoms with Gasteiger partial charge in [0, 0.05) is 12.0 Å². The standard InChI is InChI=1S/C11H12N2O/c12-7-3-5-10-8-9-4-1-2-6-11(9)14-13-10/h1-4,6-8,13H,5,12H2. The zero-order valence-corrected chi connectivity index (χ0v) is 7.73. The van der Waals surface area contributed by atoms with Crippen molar-refractivity contribution in [1.29, 1.82) is 0 Å². The molecule has 2 rings (SSSR count). The molecule has 0 bridgehead atoms. The van der Waals surface area contributed by atoms with E-state index in [1.807, 2.05) is 30.3 Å². The molecule has 3 heteroatoms. The summed E-state index contributed by atoms with van der Waals surface area (Å²) in [7, 11) is 0. The summed E-state index contributed by atoms with van der Waals surface area (Å²) in [5.41, 5.74) is 10.2. The molecule has 3 N–H and O–H groups in total. The van der Waals surface area contributed by atoms with Gasteiger partial charge in [-0.2, -0.15) is 0 Å². The van der Waals surface area contributed by atoms with Gasteiger partial charge in [-0.15, -0.1) is 0 Å². The Bertz CT molecular complexity index is 383. The number of rotatable bonds is 2. The molecule has 0 spiro atoms. The largest absolute Gasteiger partial charge is 0.405 e. The Hall–Kier alpha value is -1.90. The average molecular weight is 188 g/mol. The van der Waals surface area contributed by atoms with Crippen molar-refractivity contribution in [3.05, 3.63) is 47.8 Å². The number of hydroxylamine groups is 1. The predicted octanol–water partition coefficient (Wildman–Crippen LogP) is 1.79. The van der Waals surface area contributed by atoms with Gasteiger partial charge in [0.15, 0.2) is 5.75 Å². The molecule has 1 aliphatic heterocycles. The van der Waals surface area contributed by atoms with Crippen molar-refractivity contribution >= 4 is 6.08 Å². The van der Waals surface area contributed by atoms with Crippen LogP contribution in [0, 0.1) is 0 Å². The average Bonchev–Trinajstić information content (AvgIpc) is 2.26. The summed E-state index contributed by atoms with van der Waals surface area (Å²) < 4.78 is 0. The third-order valence-corrected chi connectivity index (χ3v) is 2.01. The summed E-state index contributed by atoms with van der Waals surface area (Å²) in [5, 5.41) is 0. The molecule has 0 amide bonds. The van der Waals surface area contributed by atoms with Crippen molar-refractivity contribution in [3.8, 4) is 5.75 Å². The normalized spacial score (nSPS) is 14.1. The predicted molar refractivity (Wildman–Crippen MR) is 56.1 cm³/mol. The number of benzene rings is 1. The van der Waals surface area contributed by atoms with Gasteiger partial charge in [-0.3, -0.25) is 0 Å². The Balaban J connectivity index is 2.22. The number of para-hydroxylation sites is 1. The summed E-state index contributed by atoms with van der Waals surface area (Å²) in [6.45, 7) is 0. The molecule has 0 unspecified atom stereocenters. The monoisotopic (exact) mass is 188 g/mol. The van der Waals surface area contributed by atoms with Crippen LogP contribution >= 0.6 is 0 Å². The first kappa shape index (κ1) is 8.69. The number of nitrogens with two attached hydrogens (primary N) is 1. The van der Waals surface area contributed by atoms with Gasteiger partial charge in [-0.05, 0) is 18.3 Å². The van der Waals surface area contributed by atoms with E-state index in [4.69, 9.17) is 10.6 Å². The summed E-state index contributed by atoms with van der Waals surface area (Å²) in [5.74, 6) is 0.855. The van der Waals surface area contributed by atoms with E-state index in [9.17, 15) is 0 Å². The lowest BCUT2D eigenvalue weighted by atomic mass is 10.1. The van der Waals surface area contributed by atoms with Crippen LogP contribution in [-0.4, -0.2) is 0 Å². The second kappa shape index (κ2) is 3.87. The van der Waals surface area contributed by atoms with Crippen LogP contribution in [0.4, 0.5) is 0 Å². The van der Waals surface area contributed by atoms with Crippen molar-refractivity contribution in [2.24, 2.45) is 5.73 Å². The molecule has 1 aromatic carbocycles. The Kier molecular flexibility index (Phi) is 2.40. The molecule has 72 valence electrons. The highest BCUT2D eigenvalue weighted by Crippen LogP contribution is 2.24. The van der Waals surface area contributed by atoms with E-state index in [-0.39, 0.29) is 0 Å². The number of fused-ring (bicyclic) bond motifs is 1. The molecular weight excluding hydrogens is 176 g/mol. The fourth-order valence-electron chi connectivity index (χ4n) is 1.33. The second-order valence-corrected chi connectivity index (χ2v) is 3.04. The van der Waals surface area contributed by atoms with Crippen LogP contribution in [0.25, 0.3) is 6.08 Å². The van der Waals surface area contributed by atoms with Gasteiger partial charge in [0.05, 0.1) is 5.70 Å². The molecule has 0 saturated heterocycles. The maximum atomic E-state index is 5.34. The quantitative estimate of drug-likeness (QED) is 0.743. The Labute approximate surface area is 82.8 Å². The van der Waals surface area contributed by atoms with Crippen LogP contribution in [0.2, 0.25) is 0 Å². The number of allylic oxidation sites excluding steroid dienone is 1. The lowest BCUT2D eigenvalue weighted by Gasteiger charge is -2.17. The third-order valence-electron chi connectivity index (χ3n) is 2.01. The van der Waals surface area contributed by atoms with Crippen LogP contribution in [0.1, 0.15) is 12.0 Å². The van der Waals surface area contributed by atoms with Crippen LogP contribution in [0.15, 0.2) is 42.2 Å². The highest BCUT2D eigenvalue weighted by molar-refractivity contribution is 5.61. The van der Waals surface area contributed by atoms with Crippen LogP contribution < -0.4 is 16.1 Å². The van der Waals surface area contributed by atoms with Gasteiger partial charge in [0.25, 0.3) is 0 Å². The van der Waals surface area contributed by atoms with Crippen molar-refractivity contribution in [2.45, 2.75) is 6.42 Å². The van der Waals surface area contributed by atoms with E-state index in [2.05, 4.69) is 11.6 Å². The maximum absolute atomic E-state index is 5.34. The topological polar surface area (TPSA) is 47.3 Å². The van der Waals surface area contributed by atoms with Crippen molar-refractivity contribution in [1.82, 2.24) is 5.48 Å². The van der Waals surface area contributed by atoms with Gasteiger partial charge >= 0.3 is 0 Å². The fraction of sp³-hybridized carbons (Fsp3) is 0.0909. The van der Waals surface area contributed by atoms with Crippen LogP contribution in [0.3, 0.4) is 0 Å². The van der Waals surface area contributed by atoms with E-state index in [0.29, 0.717) is 0 Å². The fourth-order valence-corrected chi connectivity index (χ4v) is 1.33. The van der Waals surface area contributed by atoms with E-state index >= 15 is 0 Å². The van der Waals surface area contributed by atoms with Gasteiger partial charge in [-0.25, -0.2) is 5.48 Å². The number of hydrogen-bond acceptors (Lipinski definition) is 3. The summed E-state index contributed by atoms with van der Waals surface area (Å²) in [4.78, 5) is 5.34. The molecule has 0 saturated carbocycles. The third kappa shape index (κ3) is 1.71. The molecule has 0 atom stereocenters. The minimum Gasteiger partial charge on any atom is -0.405 e. The van der Waals surface area contributed by atoms with E-state index in [1.54, 1.807) is 0 Å². The molecule has 1 aromatic rings. The minimum atomic E-state index is 0.755. The van der Waals surface area contributed by atoms with Gasteiger partial charge < -0.3 is 10.6 Å². The number of hydrogen-bond donors (Lipinski definition) is 2. The van der Waals surface area contributed by atoms with Crippen molar-refractivity contribution in [3.63, 3.8) is 0 Å². The zero-order valence-electron chi connectivity index (χ0n) is 7.73. The maximum Gasteiger partial charge on any atom is 0.162 e. The Morgan fingerprint density at radius 2 is 2.21 bits per heavy atom. The minimum absolute atomic E-state index is 0.755. The van der Waals surface area contributed by atoms with E-state index in [0.717, 1.165) is 23.4 Å². The summed E-state index contributed by atoms with van der Waals surface area (Å²) in [6, 6.07) is 7.87.